The molecule has 0 fully saturated rings. The van der Waals surface area contributed by atoms with Crippen molar-refractivity contribution in [2.24, 2.45) is 0 Å². The van der Waals surface area contributed by atoms with E-state index in [1.165, 1.54) is 5.56 Å². The molecule has 0 aliphatic carbocycles. The predicted octanol–water partition coefficient (Wildman–Crippen LogP) is 7.05. The van der Waals surface area contributed by atoms with E-state index < -0.39 is 6.10 Å². The number of nitrogens with one attached hydrogen (secondary N) is 1. The van der Waals surface area contributed by atoms with E-state index in [2.05, 4.69) is 70.9 Å². The molecule has 5 heteroatoms. The van der Waals surface area contributed by atoms with Crippen molar-refractivity contribution in [3.05, 3.63) is 47.2 Å². The lowest BCUT2D eigenvalue weighted by atomic mass is 9.76. The largest absolute Gasteiger partial charge is 0.504 e. The molecule has 2 N–H and O–H groups in total. The summed E-state index contributed by atoms with van der Waals surface area (Å²) < 4.78 is 6.41. The number of aryl methyl sites for hydroxylation is 1. The third-order valence-electron chi connectivity index (χ3n) is 6.89. The first kappa shape index (κ1) is 26.7. The van der Waals surface area contributed by atoms with E-state index in [4.69, 9.17) is 4.74 Å². The summed E-state index contributed by atoms with van der Waals surface area (Å²) in [5.74, 6) is 0.560. The summed E-state index contributed by atoms with van der Waals surface area (Å²) >= 11 is 0. The summed E-state index contributed by atoms with van der Waals surface area (Å²) in [6, 6.07) is 7.98. The highest BCUT2D eigenvalue weighted by Crippen LogP contribution is 2.39. The number of carbonyl (C=O) groups is 1. The lowest BCUT2D eigenvalue weighted by Crippen LogP contribution is -2.34. The zero-order valence-electron chi connectivity index (χ0n) is 21.7. The number of unbranched alkanes of at least 4 members (excludes halogenated alkanes) is 1. The maximum Gasteiger partial charge on any atom is 0.266 e. The summed E-state index contributed by atoms with van der Waals surface area (Å²) in [6.07, 6.45) is 5.33. The van der Waals surface area contributed by atoms with Gasteiger partial charge in [0.15, 0.2) is 17.7 Å². The molecule has 1 amide bonds. The summed E-state index contributed by atoms with van der Waals surface area (Å²) in [6.45, 7) is 17.2. The smallest absolute Gasteiger partial charge is 0.266 e. The Balaban J connectivity index is 2.41. The molecule has 0 aliphatic rings. The van der Waals surface area contributed by atoms with Crippen LogP contribution in [0.1, 0.15) is 97.3 Å². The van der Waals surface area contributed by atoms with Crippen molar-refractivity contribution >= 4 is 11.7 Å². The highest BCUT2D eigenvalue weighted by atomic mass is 16.5. The fourth-order valence-electron chi connectivity index (χ4n) is 3.61. The molecule has 1 aromatic carbocycles. The fourth-order valence-corrected chi connectivity index (χ4v) is 3.61. The quantitative estimate of drug-likeness (QED) is 0.382. The van der Waals surface area contributed by atoms with Crippen LogP contribution in [0.25, 0.3) is 0 Å². The maximum atomic E-state index is 13.2. The number of hydrogen-bond acceptors (Lipinski definition) is 4. The Morgan fingerprint density at radius 1 is 1.09 bits per heavy atom. The minimum atomic E-state index is -0.677. The minimum Gasteiger partial charge on any atom is -0.504 e. The van der Waals surface area contributed by atoms with E-state index in [0.717, 1.165) is 42.6 Å². The normalized spacial score (nSPS) is 13.0. The van der Waals surface area contributed by atoms with Gasteiger partial charge in [-0.25, -0.2) is 4.98 Å². The van der Waals surface area contributed by atoms with E-state index >= 15 is 0 Å². The number of amides is 1. The number of carbonyl (C=O) groups excluding carboxylic acids is 1. The lowest BCUT2D eigenvalue weighted by Gasteiger charge is -2.31. The van der Waals surface area contributed by atoms with E-state index in [1.54, 1.807) is 12.3 Å². The molecule has 0 aliphatic heterocycles. The number of ether oxygens (including phenoxy) is 1. The van der Waals surface area contributed by atoms with E-state index in [0.29, 0.717) is 6.42 Å². The van der Waals surface area contributed by atoms with Crippen molar-refractivity contribution in [1.29, 1.82) is 0 Å². The van der Waals surface area contributed by atoms with Crippen LogP contribution in [0.15, 0.2) is 30.5 Å². The van der Waals surface area contributed by atoms with Crippen molar-refractivity contribution in [2.45, 2.75) is 104 Å². The van der Waals surface area contributed by atoms with Crippen LogP contribution in [0.3, 0.4) is 0 Å². The molecule has 2 rings (SSSR count). The molecule has 33 heavy (non-hydrogen) atoms. The Bertz CT molecular complexity index is 950. The number of pyridine rings is 1. The second-order valence-corrected chi connectivity index (χ2v) is 10.3. The Morgan fingerprint density at radius 3 is 2.33 bits per heavy atom. The van der Waals surface area contributed by atoms with Gasteiger partial charge in [-0.15, -0.1) is 0 Å². The summed E-state index contributed by atoms with van der Waals surface area (Å²) in [5.41, 5.74) is 3.18. The van der Waals surface area contributed by atoms with Crippen LogP contribution in [0.4, 0.5) is 5.82 Å². The van der Waals surface area contributed by atoms with Gasteiger partial charge in [0.2, 0.25) is 0 Å². The average molecular weight is 455 g/mol. The van der Waals surface area contributed by atoms with Crippen molar-refractivity contribution in [2.75, 3.05) is 5.32 Å². The van der Waals surface area contributed by atoms with Gasteiger partial charge in [0.1, 0.15) is 5.75 Å². The van der Waals surface area contributed by atoms with Gasteiger partial charge >= 0.3 is 0 Å². The van der Waals surface area contributed by atoms with Gasteiger partial charge < -0.3 is 15.2 Å². The van der Waals surface area contributed by atoms with Gasteiger partial charge in [0.05, 0.1) is 0 Å². The van der Waals surface area contributed by atoms with Gasteiger partial charge in [-0.05, 0) is 66.7 Å². The first-order chi connectivity index (χ1) is 15.4. The van der Waals surface area contributed by atoms with Crippen molar-refractivity contribution in [1.82, 2.24) is 4.98 Å². The van der Waals surface area contributed by atoms with Gasteiger partial charge in [0.25, 0.3) is 5.91 Å². The monoisotopic (exact) mass is 454 g/mol. The van der Waals surface area contributed by atoms with Gasteiger partial charge in [-0.3, -0.25) is 4.79 Å². The number of benzene rings is 1. The van der Waals surface area contributed by atoms with Gasteiger partial charge in [-0.2, -0.15) is 0 Å². The second kappa shape index (κ2) is 11.0. The third kappa shape index (κ3) is 6.72. The van der Waals surface area contributed by atoms with Crippen molar-refractivity contribution in [3.63, 3.8) is 0 Å². The Kier molecular flexibility index (Phi) is 8.93. The number of rotatable bonds is 11. The summed E-state index contributed by atoms with van der Waals surface area (Å²) in [4.78, 5) is 17.3. The molecular formula is C28H42N2O3. The number of aromatic hydroxyl groups is 1. The van der Waals surface area contributed by atoms with Crippen LogP contribution in [0, 0.1) is 6.92 Å². The highest BCUT2D eigenvalue weighted by Gasteiger charge is 2.29. The molecule has 182 valence electrons. The van der Waals surface area contributed by atoms with Crippen molar-refractivity contribution in [3.8, 4) is 11.5 Å². The zero-order valence-corrected chi connectivity index (χ0v) is 21.7. The molecule has 2 aromatic rings. The van der Waals surface area contributed by atoms with Gasteiger partial charge in [0, 0.05) is 11.8 Å². The summed E-state index contributed by atoms with van der Waals surface area (Å²) in [7, 11) is 0. The molecule has 1 unspecified atom stereocenters. The van der Waals surface area contributed by atoms with Crippen LogP contribution in [-0.2, 0) is 15.6 Å². The number of aromatic nitrogens is 1. The molecule has 0 saturated carbocycles. The van der Waals surface area contributed by atoms with E-state index in [1.807, 2.05) is 13.0 Å². The standard InChI is InChI=1S/C28H42N2O3/c1-9-12-13-24(26(32)30-25-22(31)16-19(4)18-29-25)33-23-15-14-20(27(5,6)10-2)17-21(23)28(7,8)11-3/h14-18,24,31H,9-13H2,1-8H3,(H,29,30,32). The SMILES string of the molecule is CCCCC(Oc1ccc(C(C)(C)CC)cc1C(C)(C)CC)C(=O)Nc1ncc(C)cc1O. The van der Waals surface area contributed by atoms with E-state index in [9.17, 15) is 9.90 Å². The van der Waals surface area contributed by atoms with Crippen molar-refractivity contribution < 1.29 is 14.6 Å². The van der Waals surface area contributed by atoms with Crippen LogP contribution < -0.4 is 10.1 Å². The lowest BCUT2D eigenvalue weighted by molar-refractivity contribution is -0.123. The van der Waals surface area contributed by atoms with Crippen LogP contribution >= 0.6 is 0 Å². The van der Waals surface area contributed by atoms with E-state index in [-0.39, 0.29) is 28.3 Å². The van der Waals surface area contributed by atoms with Crippen LogP contribution in [0.2, 0.25) is 0 Å². The van der Waals surface area contributed by atoms with Gasteiger partial charge in [-0.1, -0.05) is 67.0 Å². The first-order valence-corrected chi connectivity index (χ1v) is 12.2. The Labute approximate surface area is 200 Å². The summed E-state index contributed by atoms with van der Waals surface area (Å²) in [5, 5.41) is 12.9. The Morgan fingerprint density at radius 2 is 1.76 bits per heavy atom. The molecule has 0 radical (unpaired) electrons. The molecule has 5 nitrogen and oxygen atoms in total. The second-order valence-electron chi connectivity index (χ2n) is 10.3. The van der Waals surface area contributed by atoms with Crippen LogP contribution in [0.5, 0.6) is 11.5 Å². The minimum absolute atomic E-state index is 0.0449. The molecule has 1 atom stereocenters. The number of anilines is 1. The van der Waals surface area contributed by atoms with Crippen LogP contribution in [-0.4, -0.2) is 22.1 Å². The maximum absolute atomic E-state index is 13.2. The molecule has 0 bridgehead atoms. The zero-order chi connectivity index (χ0) is 24.8. The third-order valence-corrected chi connectivity index (χ3v) is 6.89. The highest BCUT2D eigenvalue weighted by molar-refractivity contribution is 5.94. The number of hydrogen-bond donors (Lipinski definition) is 2. The predicted molar refractivity (Wildman–Crippen MR) is 136 cm³/mol. The number of nitrogens with zero attached hydrogens (tertiary/aromatic N) is 1. The fraction of sp³-hybridized carbons (Fsp3) is 0.571. The topological polar surface area (TPSA) is 71.5 Å². The molecule has 0 spiro atoms. The molecule has 1 aromatic heterocycles. The molecule has 0 saturated heterocycles. The average Bonchev–Trinajstić information content (AvgIpc) is 2.78. The first-order valence-electron chi connectivity index (χ1n) is 12.2. The Hall–Kier alpha value is -2.56. The molecular weight excluding hydrogens is 412 g/mol. The molecule has 1 heterocycles.